The van der Waals surface area contributed by atoms with E-state index < -0.39 is 5.97 Å². The average Bonchev–Trinajstić information content (AvgIpc) is 2.87. The number of ether oxygens (including phenoxy) is 1. The quantitative estimate of drug-likeness (QED) is 0.897. The molecule has 2 rings (SSSR count). The van der Waals surface area contributed by atoms with Gasteiger partial charge in [0.15, 0.2) is 5.82 Å². The number of carboxylic acid groups (broad SMARTS) is 1. The van der Waals surface area contributed by atoms with Gasteiger partial charge in [-0.15, -0.1) is 5.10 Å². The summed E-state index contributed by atoms with van der Waals surface area (Å²) >= 11 is 0. The number of hydrogen-bond donors (Lipinski definition) is 1. The van der Waals surface area contributed by atoms with Crippen molar-refractivity contribution < 1.29 is 14.6 Å². The molecule has 0 aliphatic rings. The molecule has 0 aliphatic carbocycles. The predicted molar refractivity (Wildman–Crippen MR) is 66.8 cm³/mol. The zero-order chi connectivity index (χ0) is 14.0. The fourth-order valence-electron chi connectivity index (χ4n) is 1.73. The fourth-order valence-corrected chi connectivity index (χ4v) is 1.73. The highest BCUT2D eigenvalue weighted by atomic mass is 16.5. The predicted octanol–water partition coefficient (Wildman–Crippen LogP) is 1.49. The monoisotopic (exact) mass is 262 g/mol. The highest BCUT2D eigenvalue weighted by Crippen LogP contribution is 2.23. The molecule has 0 atom stereocenters. The molecule has 100 valence electrons. The van der Waals surface area contributed by atoms with Crippen LogP contribution in [0, 0.1) is 0 Å². The number of carboxylic acids is 1. The van der Waals surface area contributed by atoms with E-state index in [4.69, 9.17) is 9.84 Å². The van der Waals surface area contributed by atoms with Crippen molar-refractivity contribution in [3.63, 3.8) is 0 Å². The molecule has 1 heterocycles. The van der Waals surface area contributed by atoms with Crippen molar-refractivity contribution in [3.05, 3.63) is 29.6 Å². The lowest BCUT2D eigenvalue weighted by molar-refractivity contribution is 0.0693. The molecular weight excluding hydrogens is 248 g/mol. The van der Waals surface area contributed by atoms with Crippen LogP contribution < -0.4 is 4.74 Å². The molecule has 19 heavy (non-hydrogen) atoms. The van der Waals surface area contributed by atoms with E-state index in [0.717, 1.165) is 0 Å². The average molecular weight is 262 g/mol. The van der Waals surface area contributed by atoms with Crippen molar-refractivity contribution in [2.24, 2.45) is 0 Å². The second kappa shape index (κ2) is 5.05. The Hall–Kier alpha value is -2.44. The van der Waals surface area contributed by atoms with Crippen LogP contribution in [-0.4, -0.2) is 38.4 Å². The number of aromatic nitrogens is 4. The van der Waals surface area contributed by atoms with Crippen LogP contribution in [-0.2, 0) is 0 Å². The molecule has 7 heteroatoms. The standard InChI is InChI=1S/C12H14N4O3/c1-7(2)11-13-14-15-16(11)8-4-5-9(12(17)18)10(6-8)19-3/h4-7H,1-3H3,(H,17,18). The first-order valence-corrected chi connectivity index (χ1v) is 5.74. The lowest BCUT2D eigenvalue weighted by atomic mass is 10.1. The Morgan fingerprint density at radius 2 is 2.16 bits per heavy atom. The van der Waals surface area contributed by atoms with Crippen LogP contribution in [0.5, 0.6) is 5.75 Å². The number of carbonyl (C=O) groups is 1. The SMILES string of the molecule is COc1cc(-n2nnnc2C(C)C)ccc1C(=O)O. The Morgan fingerprint density at radius 1 is 1.42 bits per heavy atom. The third-order valence-electron chi connectivity index (χ3n) is 2.67. The molecule has 0 bridgehead atoms. The number of hydrogen-bond acceptors (Lipinski definition) is 5. The minimum Gasteiger partial charge on any atom is -0.496 e. The first-order chi connectivity index (χ1) is 9.04. The molecule has 0 saturated heterocycles. The van der Waals surface area contributed by atoms with Crippen molar-refractivity contribution in [2.45, 2.75) is 19.8 Å². The van der Waals surface area contributed by atoms with Gasteiger partial charge in [-0.25, -0.2) is 4.79 Å². The van der Waals surface area contributed by atoms with Gasteiger partial charge in [-0.2, -0.15) is 4.68 Å². The Kier molecular flexibility index (Phi) is 3.46. The van der Waals surface area contributed by atoms with Gasteiger partial charge in [0, 0.05) is 12.0 Å². The van der Waals surface area contributed by atoms with E-state index >= 15 is 0 Å². The van der Waals surface area contributed by atoms with Crippen molar-refractivity contribution in [3.8, 4) is 11.4 Å². The maximum atomic E-state index is 11.0. The maximum absolute atomic E-state index is 11.0. The first kappa shape index (κ1) is 13.0. The molecule has 0 radical (unpaired) electrons. The lowest BCUT2D eigenvalue weighted by Gasteiger charge is -2.10. The van der Waals surface area contributed by atoms with Crippen LogP contribution in [0.2, 0.25) is 0 Å². The molecule has 1 aromatic carbocycles. The highest BCUT2D eigenvalue weighted by molar-refractivity contribution is 5.91. The second-order valence-electron chi connectivity index (χ2n) is 4.29. The number of tetrazole rings is 1. The van der Waals surface area contributed by atoms with Gasteiger partial charge in [0.2, 0.25) is 0 Å². The summed E-state index contributed by atoms with van der Waals surface area (Å²) in [7, 11) is 1.43. The van der Waals surface area contributed by atoms with Crippen molar-refractivity contribution in [1.82, 2.24) is 20.2 Å². The molecule has 1 aromatic heterocycles. The van der Waals surface area contributed by atoms with Gasteiger partial charge in [0.25, 0.3) is 0 Å². The zero-order valence-electron chi connectivity index (χ0n) is 10.9. The molecule has 0 saturated carbocycles. The van der Waals surface area contributed by atoms with Gasteiger partial charge in [-0.05, 0) is 22.6 Å². The Labute approximate surface area is 109 Å². The Bertz CT molecular complexity index is 607. The van der Waals surface area contributed by atoms with E-state index in [0.29, 0.717) is 11.5 Å². The maximum Gasteiger partial charge on any atom is 0.339 e. The third-order valence-corrected chi connectivity index (χ3v) is 2.67. The molecular formula is C12H14N4O3. The molecule has 0 aliphatic heterocycles. The van der Waals surface area contributed by atoms with Gasteiger partial charge in [-0.1, -0.05) is 13.8 Å². The fraction of sp³-hybridized carbons (Fsp3) is 0.333. The minimum absolute atomic E-state index is 0.102. The third kappa shape index (κ3) is 2.40. The topological polar surface area (TPSA) is 90.1 Å². The number of methoxy groups -OCH3 is 1. The van der Waals surface area contributed by atoms with Gasteiger partial charge in [0.05, 0.1) is 12.8 Å². The van der Waals surface area contributed by atoms with E-state index in [1.807, 2.05) is 13.8 Å². The van der Waals surface area contributed by atoms with Gasteiger partial charge >= 0.3 is 5.97 Å². The zero-order valence-corrected chi connectivity index (χ0v) is 10.9. The molecule has 0 amide bonds. The number of rotatable bonds is 4. The number of nitrogens with zero attached hydrogens (tertiary/aromatic N) is 4. The summed E-state index contributed by atoms with van der Waals surface area (Å²) in [5.41, 5.74) is 0.765. The largest absolute Gasteiger partial charge is 0.496 e. The van der Waals surface area contributed by atoms with Crippen LogP contribution in [0.1, 0.15) is 35.9 Å². The van der Waals surface area contributed by atoms with Crippen molar-refractivity contribution in [2.75, 3.05) is 7.11 Å². The molecule has 2 aromatic rings. The minimum atomic E-state index is -1.04. The molecule has 1 N–H and O–H groups in total. The van der Waals surface area contributed by atoms with Crippen molar-refractivity contribution in [1.29, 1.82) is 0 Å². The Balaban J connectivity index is 2.52. The molecule has 0 spiro atoms. The first-order valence-electron chi connectivity index (χ1n) is 5.74. The summed E-state index contributed by atoms with van der Waals surface area (Å²) in [4.78, 5) is 11.0. The van der Waals surface area contributed by atoms with E-state index in [1.165, 1.54) is 13.2 Å². The second-order valence-corrected chi connectivity index (χ2v) is 4.29. The van der Waals surface area contributed by atoms with Crippen LogP contribution in [0.4, 0.5) is 0 Å². The summed E-state index contributed by atoms with van der Waals surface area (Å²) < 4.78 is 6.65. The van der Waals surface area contributed by atoms with E-state index in [-0.39, 0.29) is 17.2 Å². The highest BCUT2D eigenvalue weighted by Gasteiger charge is 2.16. The van der Waals surface area contributed by atoms with Crippen molar-refractivity contribution >= 4 is 5.97 Å². The summed E-state index contributed by atoms with van der Waals surface area (Å²) in [5.74, 6) is 0.0877. The summed E-state index contributed by atoms with van der Waals surface area (Å²) in [6.07, 6.45) is 0. The normalized spacial score (nSPS) is 10.7. The summed E-state index contributed by atoms with van der Waals surface area (Å²) in [6, 6.07) is 4.72. The summed E-state index contributed by atoms with van der Waals surface area (Å²) in [5, 5.41) is 20.5. The summed E-state index contributed by atoms with van der Waals surface area (Å²) in [6.45, 7) is 3.95. The van der Waals surface area contributed by atoms with E-state index in [9.17, 15) is 4.79 Å². The van der Waals surface area contributed by atoms with Gasteiger partial charge < -0.3 is 9.84 Å². The van der Waals surface area contributed by atoms with E-state index in [1.54, 1.807) is 16.8 Å². The van der Waals surface area contributed by atoms with Crippen LogP contribution in [0.25, 0.3) is 5.69 Å². The number of benzene rings is 1. The van der Waals surface area contributed by atoms with Crippen LogP contribution in [0.15, 0.2) is 18.2 Å². The molecule has 7 nitrogen and oxygen atoms in total. The number of aromatic carboxylic acids is 1. The molecule has 0 fully saturated rings. The lowest BCUT2D eigenvalue weighted by Crippen LogP contribution is -2.07. The Morgan fingerprint density at radius 3 is 2.74 bits per heavy atom. The van der Waals surface area contributed by atoms with E-state index in [2.05, 4.69) is 15.5 Å². The van der Waals surface area contributed by atoms with Crippen LogP contribution in [0.3, 0.4) is 0 Å². The van der Waals surface area contributed by atoms with Crippen LogP contribution >= 0.6 is 0 Å². The van der Waals surface area contributed by atoms with Gasteiger partial charge in [-0.3, -0.25) is 0 Å². The van der Waals surface area contributed by atoms with Gasteiger partial charge in [0.1, 0.15) is 11.3 Å². The smallest absolute Gasteiger partial charge is 0.339 e. The molecule has 0 unspecified atom stereocenters.